The normalized spacial score (nSPS) is 15.9. The predicted octanol–water partition coefficient (Wildman–Crippen LogP) is 4.52. The Kier molecular flexibility index (Phi) is 7.44. The number of pyridine rings is 1. The SMILES string of the molecule is CCOC(=O)C1CCN([C@@H](c2ccc(Cl)cc2)c2c(O)cc(C)n(Cc3ccco3)c2=O)CC1. The van der Waals surface area contributed by atoms with Crippen LogP contribution in [0.25, 0.3) is 0 Å². The van der Waals surface area contributed by atoms with Crippen molar-refractivity contribution in [2.24, 2.45) is 5.92 Å². The van der Waals surface area contributed by atoms with Gasteiger partial charge in [0.25, 0.3) is 5.56 Å². The van der Waals surface area contributed by atoms with E-state index in [1.165, 1.54) is 0 Å². The van der Waals surface area contributed by atoms with Crippen LogP contribution in [0.1, 0.15) is 48.4 Å². The Morgan fingerprint density at radius 3 is 2.56 bits per heavy atom. The molecule has 180 valence electrons. The van der Waals surface area contributed by atoms with Crippen molar-refractivity contribution in [2.45, 2.75) is 39.3 Å². The lowest BCUT2D eigenvalue weighted by atomic mass is 9.91. The average Bonchev–Trinajstić information content (AvgIpc) is 3.34. The number of likely N-dealkylation sites (tertiary alicyclic amines) is 1. The van der Waals surface area contributed by atoms with E-state index in [1.54, 1.807) is 48.9 Å². The number of aryl methyl sites for hydroxylation is 1. The van der Waals surface area contributed by atoms with Gasteiger partial charge >= 0.3 is 5.97 Å². The fourth-order valence-electron chi connectivity index (χ4n) is 4.64. The van der Waals surface area contributed by atoms with Gasteiger partial charge in [-0.05, 0) is 75.7 Å². The lowest BCUT2D eigenvalue weighted by Gasteiger charge is -2.37. The van der Waals surface area contributed by atoms with E-state index >= 15 is 0 Å². The van der Waals surface area contributed by atoms with Crippen molar-refractivity contribution in [1.82, 2.24) is 9.47 Å². The van der Waals surface area contributed by atoms with Crippen LogP contribution < -0.4 is 5.56 Å². The molecule has 0 radical (unpaired) electrons. The third-order valence-electron chi connectivity index (χ3n) is 6.39. The topological polar surface area (TPSA) is 84.9 Å². The van der Waals surface area contributed by atoms with Gasteiger partial charge in [-0.1, -0.05) is 23.7 Å². The third kappa shape index (κ3) is 5.05. The van der Waals surface area contributed by atoms with E-state index in [9.17, 15) is 14.7 Å². The highest BCUT2D eigenvalue weighted by Gasteiger charge is 2.34. The fourth-order valence-corrected chi connectivity index (χ4v) is 4.77. The number of furan rings is 1. The lowest BCUT2D eigenvalue weighted by Crippen LogP contribution is -2.42. The van der Waals surface area contributed by atoms with Gasteiger partial charge in [-0.25, -0.2) is 0 Å². The number of hydrogen-bond acceptors (Lipinski definition) is 6. The van der Waals surface area contributed by atoms with E-state index in [0.717, 1.165) is 5.56 Å². The zero-order valence-electron chi connectivity index (χ0n) is 19.4. The van der Waals surface area contributed by atoms with Crippen molar-refractivity contribution in [3.05, 3.63) is 86.7 Å². The number of carbonyl (C=O) groups excluding carboxylic acids is 1. The molecule has 0 spiro atoms. The zero-order valence-corrected chi connectivity index (χ0v) is 20.1. The van der Waals surface area contributed by atoms with Gasteiger partial charge in [0.2, 0.25) is 0 Å². The molecular formula is C26H29ClN2O5. The minimum atomic E-state index is -0.489. The number of piperidine rings is 1. The molecule has 3 aromatic rings. The number of hydrogen-bond donors (Lipinski definition) is 1. The molecule has 34 heavy (non-hydrogen) atoms. The number of aromatic nitrogens is 1. The summed E-state index contributed by atoms with van der Waals surface area (Å²) in [5.41, 5.74) is 1.51. The maximum Gasteiger partial charge on any atom is 0.309 e. The van der Waals surface area contributed by atoms with Gasteiger partial charge in [0.1, 0.15) is 11.5 Å². The minimum Gasteiger partial charge on any atom is -0.507 e. The molecule has 3 heterocycles. The number of halogens is 1. The van der Waals surface area contributed by atoms with Gasteiger partial charge in [-0.2, -0.15) is 0 Å². The smallest absolute Gasteiger partial charge is 0.309 e. The van der Waals surface area contributed by atoms with Gasteiger partial charge in [-0.3, -0.25) is 14.5 Å². The van der Waals surface area contributed by atoms with Gasteiger partial charge < -0.3 is 18.8 Å². The molecule has 1 aliphatic rings. The van der Waals surface area contributed by atoms with Crippen molar-refractivity contribution in [2.75, 3.05) is 19.7 Å². The maximum absolute atomic E-state index is 13.8. The monoisotopic (exact) mass is 484 g/mol. The van der Waals surface area contributed by atoms with Crippen LogP contribution in [0.4, 0.5) is 0 Å². The van der Waals surface area contributed by atoms with Crippen LogP contribution in [0.15, 0.2) is 57.9 Å². The van der Waals surface area contributed by atoms with Crippen LogP contribution >= 0.6 is 11.6 Å². The summed E-state index contributed by atoms with van der Waals surface area (Å²) in [6.45, 7) is 5.39. The number of benzene rings is 1. The summed E-state index contributed by atoms with van der Waals surface area (Å²) >= 11 is 6.13. The van der Waals surface area contributed by atoms with Gasteiger partial charge in [0, 0.05) is 10.7 Å². The van der Waals surface area contributed by atoms with E-state index in [4.69, 9.17) is 20.8 Å². The van der Waals surface area contributed by atoms with Crippen LogP contribution in [-0.2, 0) is 16.1 Å². The highest BCUT2D eigenvalue weighted by molar-refractivity contribution is 6.30. The maximum atomic E-state index is 13.8. The number of aromatic hydroxyl groups is 1. The molecule has 1 aromatic carbocycles. The Labute approximate surface area is 203 Å². The fraction of sp³-hybridized carbons (Fsp3) is 0.385. The molecule has 4 rings (SSSR count). The van der Waals surface area contributed by atoms with E-state index in [2.05, 4.69) is 4.90 Å². The summed E-state index contributed by atoms with van der Waals surface area (Å²) in [6.07, 6.45) is 2.81. The molecule has 1 N–H and O–H groups in total. The molecule has 7 nitrogen and oxygen atoms in total. The van der Waals surface area contributed by atoms with Gasteiger partial charge in [-0.15, -0.1) is 0 Å². The first-order chi connectivity index (χ1) is 16.4. The molecule has 1 saturated heterocycles. The van der Waals surface area contributed by atoms with Crippen molar-refractivity contribution in [3.8, 4) is 5.75 Å². The third-order valence-corrected chi connectivity index (χ3v) is 6.64. The molecule has 0 aliphatic carbocycles. The van der Waals surface area contributed by atoms with Gasteiger partial charge in [0.15, 0.2) is 0 Å². The standard InChI is InChI=1S/C26H29ClN2O5/c1-3-33-26(32)19-10-12-28(13-11-19)24(18-6-8-20(27)9-7-18)23-22(30)15-17(2)29(25(23)31)16-21-5-4-14-34-21/h4-9,14-15,19,24,30H,3,10-13,16H2,1-2H3/t24-/m0/s1. The molecule has 0 unspecified atom stereocenters. The van der Waals surface area contributed by atoms with Crippen LogP contribution in [0.3, 0.4) is 0 Å². The summed E-state index contributed by atoms with van der Waals surface area (Å²) in [6, 6.07) is 12.0. The second-order valence-electron chi connectivity index (χ2n) is 8.57. The van der Waals surface area contributed by atoms with Crippen LogP contribution in [0.5, 0.6) is 5.75 Å². The van der Waals surface area contributed by atoms with Crippen molar-refractivity contribution in [3.63, 3.8) is 0 Å². The molecule has 2 aromatic heterocycles. The summed E-state index contributed by atoms with van der Waals surface area (Å²) in [7, 11) is 0. The first-order valence-corrected chi connectivity index (χ1v) is 11.9. The second kappa shape index (κ2) is 10.5. The van der Waals surface area contributed by atoms with Crippen molar-refractivity contribution < 1.29 is 19.1 Å². The summed E-state index contributed by atoms with van der Waals surface area (Å²) in [5.74, 6) is 0.263. The Hall–Kier alpha value is -3.03. The lowest BCUT2D eigenvalue weighted by molar-refractivity contribution is -0.149. The molecule has 0 amide bonds. The van der Waals surface area contributed by atoms with E-state index < -0.39 is 6.04 Å². The molecule has 0 bridgehead atoms. The van der Waals surface area contributed by atoms with Crippen molar-refractivity contribution in [1.29, 1.82) is 0 Å². The van der Waals surface area contributed by atoms with E-state index in [0.29, 0.717) is 54.6 Å². The van der Waals surface area contributed by atoms with Crippen LogP contribution in [0.2, 0.25) is 5.02 Å². The predicted molar refractivity (Wildman–Crippen MR) is 129 cm³/mol. The number of nitrogens with zero attached hydrogens (tertiary/aromatic N) is 2. The minimum absolute atomic E-state index is 0.0503. The van der Waals surface area contributed by atoms with Crippen molar-refractivity contribution >= 4 is 17.6 Å². The molecule has 1 fully saturated rings. The summed E-state index contributed by atoms with van der Waals surface area (Å²) < 4.78 is 12.3. The van der Waals surface area contributed by atoms with E-state index in [1.807, 2.05) is 18.2 Å². The molecule has 0 saturated carbocycles. The molecule has 1 aliphatic heterocycles. The number of rotatable bonds is 7. The zero-order chi connectivity index (χ0) is 24.2. The van der Waals surface area contributed by atoms with Crippen LogP contribution in [-0.4, -0.2) is 40.2 Å². The summed E-state index contributed by atoms with van der Waals surface area (Å²) in [4.78, 5) is 28.1. The number of carbonyl (C=O) groups is 1. The highest BCUT2D eigenvalue weighted by Crippen LogP contribution is 2.36. The largest absolute Gasteiger partial charge is 0.507 e. The Balaban J connectivity index is 1.74. The Bertz CT molecular complexity index is 1180. The Morgan fingerprint density at radius 1 is 1.24 bits per heavy atom. The molecular weight excluding hydrogens is 456 g/mol. The Morgan fingerprint density at radius 2 is 1.94 bits per heavy atom. The number of esters is 1. The summed E-state index contributed by atoms with van der Waals surface area (Å²) in [5, 5.41) is 11.6. The first kappa shape index (κ1) is 24.1. The molecule has 1 atom stereocenters. The van der Waals surface area contributed by atoms with E-state index in [-0.39, 0.29) is 29.7 Å². The number of ether oxygens (including phenoxy) is 1. The second-order valence-corrected chi connectivity index (χ2v) is 9.01. The quantitative estimate of drug-likeness (QED) is 0.496. The van der Waals surface area contributed by atoms with Gasteiger partial charge in [0.05, 0.1) is 36.9 Å². The average molecular weight is 485 g/mol. The highest BCUT2D eigenvalue weighted by atomic mass is 35.5. The first-order valence-electron chi connectivity index (χ1n) is 11.5. The molecule has 8 heteroatoms. The van der Waals surface area contributed by atoms with Crippen LogP contribution in [0, 0.1) is 12.8 Å².